The molecule has 98 valence electrons. The van der Waals surface area contributed by atoms with Crippen LogP contribution in [-0.4, -0.2) is 64.1 Å². The average Bonchev–Trinajstić information content (AvgIpc) is 2.59. The first kappa shape index (κ1) is 13.7. The van der Waals surface area contributed by atoms with E-state index in [1.807, 2.05) is 0 Å². The Kier molecular flexibility index (Phi) is 4.71. The Morgan fingerprint density at radius 1 is 1.35 bits per heavy atom. The lowest BCUT2D eigenvalue weighted by Crippen LogP contribution is -2.40. The standard InChI is InChI=1S/C10H18N2O5/c1-6(9(15)16)2-3-11-10(17)12-4-7(13)8(14)5-12/h6-8,13-14H,2-5H2,1H3,(H,11,17)(H,15,16). The predicted octanol–water partition coefficient (Wildman–Crippen LogP) is -1.16. The number of aliphatic carboxylic acids is 1. The van der Waals surface area contributed by atoms with Crippen molar-refractivity contribution >= 4 is 12.0 Å². The monoisotopic (exact) mass is 246 g/mol. The molecular weight excluding hydrogens is 228 g/mol. The molecule has 0 aromatic heterocycles. The molecule has 0 aromatic rings. The Morgan fingerprint density at radius 3 is 2.35 bits per heavy atom. The number of rotatable bonds is 4. The van der Waals surface area contributed by atoms with Crippen molar-refractivity contribution < 1.29 is 24.9 Å². The second-order valence-corrected chi connectivity index (χ2v) is 4.30. The highest BCUT2D eigenvalue weighted by molar-refractivity contribution is 5.74. The molecule has 1 heterocycles. The van der Waals surface area contributed by atoms with E-state index in [2.05, 4.69) is 5.32 Å². The summed E-state index contributed by atoms with van der Waals surface area (Å²) in [5, 5.41) is 29.7. The largest absolute Gasteiger partial charge is 0.481 e. The van der Waals surface area contributed by atoms with Gasteiger partial charge in [0.25, 0.3) is 0 Å². The molecule has 1 fully saturated rings. The van der Waals surface area contributed by atoms with Crippen molar-refractivity contribution in [3.63, 3.8) is 0 Å². The Bertz CT molecular complexity index is 286. The maximum Gasteiger partial charge on any atom is 0.317 e. The second kappa shape index (κ2) is 5.83. The number of carboxylic acids is 1. The highest BCUT2D eigenvalue weighted by Crippen LogP contribution is 2.09. The van der Waals surface area contributed by atoms with Gasteiger partial charge in [-0.3, -0.25) is 4.79 Å². The molecule has 17 heavy (non-hydrogen) atoms. The zero-order valence-electron chi connectivity index (χ0n) is 9.67. The molecule has 0 spiro atoms. The van der Waals surface area contributed by atoms with Gasteiger partial charge in [-0.15, -0.1) is 0 Å². The molecule has 3 atom stereocenters. The first-order chi connectivity index (χ1) is 7.91. The number of urea groups is 1. The SMILES string of the molecule is CC(CCNC(=O)N1CC(O)C(O)C1)C(=O)O. The molecule has 4 N–H and O–H groups in total. The minimum absolute atomic E-state index is 0.0987. The van der Waals surface area contributed by atoms with Gasteiger partial charge >= 0.3 is 12.0 Å². The van der Waals surface area contributed by atoms with Crippen LogP contribution < -0.4 is 5.32 Å². The third kappa shape index (κ3) is 3.86. The number of carbonyl (C=O) groups excluding carboxylic acids is 1. The quantitative estimate of drug-likeness (QED) is 0.500. The summed E-state index contributed by atoms with van der Waals surface area (Å²) in [7, 11) is 0. The molecule has 7 nitrogen and oxygen atoms in total. The van der Waals surface area contributed by atoms with Crippen molar-refractivity contribution in [1.29, 1.82) is 0 Å². The lowest BCUT2D eigenvalue weighted by Gasteiger charge is -2.16. The van der Waals surface area contributed by atoms with Crippen molar-refractivity contribution in [2.45, 2.75) is 25.6 Å². The van der Waals surface area contributed by atoms with Crippen LogP contribution in [0, 0.1) is 5.92 Å². The van der Waals surface area contributed by atoms with Crippen LogP contribution >= 0.6 is 0 Å². The minimum atomic E-state index is -0.904. The molecule has 7 heteroatoms. The van der Waals surface area contributed by atoms with Gasteiger partial charge < -0.3 is 25.5 Å². The first-order valence-electron chi connectivity index (χ1n) is 5.53. The normalized spacial score (nSPS) is 25.7. The van der Waals surface area contributed by atoms with Gasteiger partial charge in [0, 0.05) is 6.54 Å². The fourth-order valence-corrected chi connectivity index (χ4v) is 1.57. The van der Waals surface area contributed by atoms with E-state index in [0.717, 1.165) is 0 Å². The van der Waals surface area contributed by atoms with Crippen LogP contribution in [-0.2, 0) is 4.79 Å². The fourth-order valence-electron chi connectivity index (χ4n) is 1.57. The number of nitrogens with one attached hydrogen (secondary N) is 1. The Balaban J connectivity index is 2.24. The lowest BCUT2D eigenvalue weighted by atomic mass is 10.1. The zero-order chi connectivity index (χ0) is 13.0. The lowest BCUT2D eigenvalue weighted by molar-refractivity contribution is -0.141. The van der Waals surface area contributed by atoms with Gasteiger partial charge in [-0.1, -0.05) is 6.92 Å². The maximum atomic E-state index is 11.5. The van der Waals surface area contributed by atoms with Crippen LogP contribution in [0.3, 0.4) is 0 Å². The molecule has 0 saturated carbocycles. The van der Waals surface area contributed by atoms with Gasteiger partial charge in [0.05, 0.1) is 31.2 Å². The highest BCUT2D eigenvalue weighted by atomic mass is 16.4. The summed E-state index contributed by atoms with van der Waals surface area (Å²) in [6.45, 7) is 2.02. The Morgan fingerprint density at radius 2 is 1.88 bits per heavy atom. The molecule has 2 amide bonds. The van der Waals surface area contributed by atoms with Gasteiger partial charge in [-0.2, -0.15) is 0 Å². The second-order valence-electron chi connectivity index (χ2n) is 4.30. The summed E-state index contributed by atoms with van der Waals surface area (Å²) in [4.78, 5) is 23.4. The van der Waals surface area contributed by atoms with E-state index in [0.29, 0.717) is 6.42 Å². The molecule has 0 radical (unpaired) electrons. The smallest absolute Gasteiger partial charge is 0.317 e. The third-order valence-corrected chi connectivity index (χ3v) is 2.82. The summed E-state index contributed by atoms with van der Waals surface area (Å²) in [6, 6.07) is -0.391. The van der Waals surface area contributed by atoms with Crippen LogP contribution in [0.4, 0.5) is 4.79 Å². The van der Waals surface area contributed by atoms with E-state index in [1.165, 1.54) is 4.90 Å². The molecule has 1 aliphatic heterocycles. The number of aliphatic hydroxyl groups is 2. The van der Waals surface area contributed by atoms with Crippen molar-refractivity contribution in [3.8, 4) is 0 Å². The highest BCUT2D eigenvalue weighted by Gasteiger charge is 2.32. The van der Waals surface area contributed by atoms with Crippen LogP contribution in [0.5, 0.6) is 0 Å². The Labute approximate surface area is 99.0 Å². The van der Waals surface area contributed by atoms with Crippen LogP contribution in [0.25, 0.3) is 0 Å². The number of carboxylic acid groups (broad SMARTS) is 1. The maximum absolute atomic E-state index is 11.5. The molecule has 0 aliphatic carbocycles. The molecule has 1 aliphatic rings. The third-order valence-electron chi connectivity index (χ3n) is 2.82. The van der Waals surface area contributed by atoms with E-state index in [1.54, 1.807) is 6.92 Å². The number of likely N-dealkylation sites (tertiary alicyclic amines) is 1. The Hall–Kier alpha value is -1.34. The summed E-state index contributed by atoms with van der Waals surface area (Å²) in [6.07, 6.45) is -1.46. The van der Waals surface area contributed by atoms with Crippen molar-refractivity contribution in [2.24, 2.45) is 5.92 Å². The first-order valence-corrected chi connectivity index (χ1v) is 5.53. The van der Waals surface area contributed by atoms with E-state index >= 15 is 0 Å². The number of aliphatic hydroxyl groups excluding tert-OH is 2. The fraction of sp³-hybridized carbons (Fsp3) is 0.800. The van der Waals surface area contributed by atoms with E-state index < -0.39 is 30.1 Å². The summed E-state index contributed by atoms with van der Waals surface area (Å²) >= 11 is 0. The summed E-state index contributed by atoms with van der Waals surface area (Å²) in [5.74, 6) is -1.41. The predicted molar refractivity (Wildman–Crippen MR) is 58.4 cm³/mol. The van der Waals surface area contributed by atoms with Crippen LogP contribution in [0.1, 0.15) is 13.3 Å². The number of amides is 2. The van der Waals surface area contributed by atoms with Gasteiger partial charge in [-0.25, -0.2) is 4.79 Å². The van der Waals surface area contributed by atoms with Crippen LogP contribution in [0.2, 0.25) is 0 Å². The van der Waals surface area contributed by atoms with Gasteiger partial charge in [0.2, 0.25) is 0 Å². The summed E-state index contributed by atoms with van der Waals surface area (Å²) < 4.78 is 0. The number of carbonyl (C=O) groups is 2. The van der Waals surface area contributed by atoms with Crippen molar-refractivity contribution in [2.75, 3.05) is 19.6 Å². The number of hydrogen-bond donors (Lipinski definition) is 4. The average molecular weight is 246 g/mol. The number of hydrogen-bond acceptors (Lipinski definition) is 4. The van der Waals surface area contributed by atoms with E-state index in [-0.39, 0.29) is 19.6 Å². The van der Waals surface area contributed by atoms with E-state index in [9.17, 15) is 19.8 Å². The van der Waals surface area contributed by atoms with Crippen molar-refractivity contribution in [1.82, 2.24) is 10.2 Å². The summed E-state index contributed by atoms with van der Waals surface area (Å²) in [5.41, 5.74) is 0. The van der Waals surface area contributed by atoms with E-state index in [4.69, 9.17) is 5.11 Å². The van der Waals surface area contributed by atoms with Crippen molar-refractivity contribution in [3.05, 3.63) is 0 Å². The van der Waals surface area contributed by atoms with Gasteiger partial charge in [0.1, 0.15) is 0 Å². The zero-order valence-corrected chi connectivity index (χ0v) is 9.67. The molecule has 0 bridgehead atoms. The van der Waals surface area contributed by atoms with Crippen LogP contribution in [0.15, 0.2) is 0 Å². The minimum Gasteiger partial charge on any atom is -0.481 e. The van der Waals surface area contributed by atoms with Gasteiger partial charge in [0.15, 0.2) is 0 Å². The number of β-amino-alcohol motifs (C(OH)–C–C–N with tert-alkyl or cyclic N) is 2. The molecule has 0 aromatic carbocycles. The molecule has 1 rings (SSSR count). The molecular formula is C10H18N2O5. The number of nitrogens with zero attached hydrogens (tertiary/aromatic N) is 1. The van der Waals surface area contributed by atoms with Gasteiger partial charge in [-0.05, 0) is 6.42 Å². The molecule has 3 unspecified atom stereocenters. The topological polar surface area (TPSA) is 110 Å². The molecule has 1 saturated heterocycles.